The van der Waals surface area contributed by atoms with Crippen molar-refractivity contribution in [1.82, 2.24) is 0 Å². The Bertz CT molecular complexity index is 412. The van der Waals surface area contributed by atoms with E-state index < -0.39 is 0 Å². The smallest absolute Gasteiger partial charge is 0.0363 e. The summed E-state index contributed by atoms with van der Waals surface area (Å²) in [6.45, 7) is 5.59. The average Bonchev–Trinajstić information content (AvgIpc) is 2.51. The summed E-state index contributed by atoms with van der Waals surface area (Å²) < 4.78 is 0. The lowest BCUT2D eigenvalue weighted by atomic mass is 9.76. The molecule has 2 N–H and O–H groups in total. The van der Waals surface area contributed by atoms with Crippen LogP contribution < -0.4 is 10.6 Å². The van der Waals surface area contributed by atoms with Crippen molar-refractivity contribution in [2.75, 3.05) is 18.5 Å². The summed E-state index contributed by atoms with van der Waals surface area (Å²) in [5.41, 5.74) is 9.11. The number of aryl methyl sites for hydroxylation is 1. The molecule has 1 aliphatic carbocycles. The lowest BCUT2D eigenvalue weighted by molar-refractivity contribution is 0.226. The Hall–Kier alpha value is -1.02. The summed E-state index contributed by atoms with van der Waals surface area (Å²) in [5.74, 6) is 1.54. The molecule has 21 heavy (non-hydrogen) atoms. The fourth-order valence-electron chi connectivity index (χ4n) is 3.71. The first-order valence-corrected chi connectivity index (χ1v) is 8.69. The van der Waals surface area contributed by atoms with E-state index in [-0.39, 0.29) is 0 Å². The van der Waals surface area contributed by atoms with Crippen LogP contribution in [0.15, 0.2) is 24.3 Å². The molecule has 0 saturated heterocycles. The van der Waals surface area contributed by atoms with Crippen LogP contribution in [0.1, 0.15) is 51.5 Å². The number of nitrogens with two attached hydrogens (primary N) is 1. The van der Waals surface area contributed by atoms with Gasteiger partial charge in [0.25, 0.3) is 0 Å². The molecule has 0 amide bonds. The van der Waals surface area contributed by atoms with Crippen LogP contribution in [-0.2, 0) is 6.42 Å². The van der Waals surface area contributed by atoms with Gasteiger partial charge in [-0.1, -0.05) is 38.8 Å². The standard InChI is InChI=1S/C19H32N2/c1-4-6-16-9-12-19(20)17(13-16)14-21(3)18-10-7-15(5-2)8-11-18/h7-8,10-11,16-17,19H,4-6,9,12-14,20H2,1-3H3. The summed E-state index contributed by atoms with van der Waals surface area (Å²) in [6.07, 6.45) is 7.64. The third-order valence-electron chi connectivity index (χ3n) is 5.14. The van der Waals surface area contributed by atoms with Crippen molar-refractivity contribution < 1.29 is 0 Å². The maximum absolute atomic E-state index is 6.38. The first-order valence-electron chi connectivity index (χ1n) is 8.69. The Morgan fingerprint density at radius 3 is 2.48 bits per heavy atom. The molecule has 2 rings (SSSR count). The lowest BCUT2D eigenvalue weighted by Crippen LogP contribution is -2.42. The third kappa shape index (κ3) is 4.47. The van der Waals surface area contributed by atoms with Crippen LogP contribution in [0.2, 0.25) is 0 Å². The van der Waals surface area contributed by atoms with Crippen LogP contribution in [0.3, 0.4) is 0 Å². The molecule has 2 nitrogen and oxygen atoms in total. The van der Waals surface area contributed by atoms with Crippen molar-refractivity contribution in [2.24, 2.45) is 17.6 Å². The topological polar surface area (TPSA) is 29.3 Å². The second kappa shape index (κ2) is 7.84. The van der Waals surface area contributed by atoms with Gasteiger partial charge in [0.1, 0.15) is 0 Å². The average molecular weight is 288 g/mol. The molecule has 0 aromatic heterocycles. The zero-order valence-electron chi connectivity index (χ0n) is 14.0. The molecule has 0 bridgehead atoms. The van der Waals surface area contributed by atoms with Crippen molar-refractivity contribution in [3.05, 3.63) is 29.8 Å². The van der Waals surface area contributed by atoms with Crippen LogP contribution in [0.5, 0.6) is 0 Å². The largest absolute Gasteiger partial charge is 0.374 e. The van der Waals surface area contributed by atoms with Gasteiger partial charge in [-0.25, -0.2) is 0 Å². The van der Waals surface area contributed by atoms with Crippen LogP contribution >= 0.6 is 0 Å². The predicted octanol–water partition coefficient (Wildman–Crippen LogP) is 4.23. The van der Waals surface area contributed by atoms with E-state index in [0.717, 1.165) is 18.9 Å². The molecular formula is C19H32N2. The molecule has 0 heterocycles. The molecule has 0 radical (unpaired) electrons. The number of rotatable bonds is 6. The molecule has 1 aliphatic rings. The molecule has 1 aromatic rings. The SMILES string of the molecule is CCCC1CCC(N)C(CN(C)c2ccc(CC)cc2)C1. The highest BCUT2D eigenvalue weighted by Crippen LogP contribution is 2.32. The molecule has 0 spiro atoms. The fourth-order valence-corrected chi connectivity index (χ4v) is 3.71. The molecular weight excluding hydrogens is 256 g/mol. The van der Waals surface area contributed by atoms with E-state index in [9.17, 15) is 0 Å². The van der Waals surface area contributed by atoms with Crippen molar-refractivity contribution in [1.29, 1.82) is 0 Å². The first-order chi connectivity index (χ1) is 10.1. The van der Waals surface area contributed by atoms with Crippen molar-refractivity contribution in [3.8, 4) is 0 Å². The number of hydrogen-bond acceptors (Lipinski definition) is 2. The second-order valence-corrected chi connectivity index (χ2v) is 6.79. The van der Waals surface area contributed by atoms with Crippen LogP contribution in [0.25, 0.3) is 0 Å². The van der Waals surface area contributed by atoms with E-state index in [1.54, 1.807) is 0 Å². The molecule has 1 fully saturated rings. The monoisotopic (exact) mass is 288 g/mol. The Morgan fingerprint density at radius 2 is 1.86 bits per heavy atom. The summed E-state index contributed by atoms with van der Waals surface area (Å²) in [6, 6.07) is 9.36. The van der Waals surface area contributed by atoms with Crippen molar-refractivity contribution in [3.63, 3.8) is 0 Å². The minimum absolute atomic E-state index is 0.385. The van der Waals surface area contributed by atoms with Gasteiger partial charge in [-0.2, -0.15) is 0 Å². The van der Waals surface area contributed by atoms with Gasteiger partial charge in [0.15, 0.2) is 0 Å². The fraction of sp³-hybridized carbons (Fsp3) is 0.684. The van der Waals surface area contributed by atoms with Gasteiger partial charge in [-0.3, -0.25) is 0 Å². The van der Waals surface area contributed by atoms with E-state index in [0.29, 0.717) is 12.0 Å². The minimum Gasteiger partial charge on any atom is -0.374 e. The Balaban J connectivity index is 1.94. The first kappa shape index (κ1) is 16.4. The van der Waals surface area contributed by atoms with E-state index in [4.69, 9.17) is 5.73 Å². The zero-order valence-corrected chi connectivity index (χ0v) is 14.0. The summed E-state index contributed by atoms with van der Waals surface area (Å²) >= 11 is 0. The third-order valence-corrected chi connectivity index (χ3v) is 5.14. The van der Waals surface area contributed by atoms with Crippen molar-refractivity contribution in [2.45, 2.75) is 58.4 Å². The highest BCUT2D eigenvalue weighted by Gasteiger charge is 2.28. The molecule has 3 unspecified atom stereocenters. The molecule has 2 heteroatoms. The summed E-state index contributed by atoms with van der Waals surface area (Å²) in [4.78, 5) is 2.39. The van der Waals surface area contributed by atoms with Gasteiger partial charge in [0.2, 0.25) is 0 Å². The molecule has 0 aliphatic heterocycles. The minimum atomic E-state index is 0.385. The van der Waals surface area contributed by atoms with Crippen LogP contribution in [0.4, 0.5) is 5.69 Å². The molecule has 3 atom stereocenters. The molecule has 118 valence electrons. The van der Waals surface area contributed by atoms with E-state index >= 15 is 0 Å². The van der Waals surface area contributed by atoms with Gasteiger partial charge in [-0.05, 0) is 55.2 Å². The highest BCUT2D eigenvalue weighted by molar-refractivity contribution is 5.47. The summed E-state index contributed by atoms with van der Waals surface area (Å²) in [5, 5.41) is 0. The predicted molar refractivity (Wildman–Crippen MR) is 92.8 cm³/mol. The Kier molecular flexibility index (Phi) is 6.10. The molecule has 1 aromatic carbocycles. The summed E-state index contributed by atoms with van der Waals surface area (Å²) in [7, 11) is 2.21. The maximum atomic E-state index is 6.38. The number of nitrogens with zero attached hydrogens (tertiary/aromatic N) is 1. The van der Waals surface area contributed by atoms with Gasteiger partial charge >= 0.3 is 0 Å². The molecule has 1 saturated carbocycles. The Labute approximate surface area is 130 Å². The second-order valence-electron chi connectivity index (χ2n) is 6.79. The van der Waals surface area contributed by atoms with E-state index in [1.807, 2.05) is 0 Å². The van der Waals surface area contributed by atoms with Crippen LogP contribution in [0, 0.1) is 11.8 Å². The quantitative estimate of drug-likeness (QED) is 0.849. The Morgan fingerprint density at radius 1 is 1.14 bits per heavy atom. The van der Waals surface area contributed by atoms with E-state index in [2.05, 4.69) is 50.1 Å². The van der Waals surface area contributed by atoms with Gasteiger partial charge in [0, 0.05) is 25.3 Å². The normalized spacial score (nSPS) is 25.8. The number of hydrogen-bond donors (Lipinski definition) is 1. The van der Waals surface area contributed by atoms with Gasteiger partial charge in [0.05, 0.1) is 0 Å². The van der Waals surface area contributed by atoms with Crippen LogP contribution in [-0.4, -0.2) is 19.6 Å². The zero-order chi connectivity index (χ0) is 15.2. The number of benzene rings is 1. The van der Waals surface area contributed by atoms with Gasteiger partial charge in [-0.15, -0.1) is 0 Å². The number of anilines is 1. The highest BCUT2D eigenvalue weighted by atomic mass is 15.1. The van der Waals surface area contributed by atoms with Crippen molar-refractivity contribution >= 4 is 5.69 Å². The lowest BCUT2D eigenvalue weighted by Gasteiger charge is -2.37. The maximum Gasteiger partial charge on any atom is 0.0363 e. The van der Waals surface area contributed by atoms with E-state index in [1.165, 1.54) is 43.4 Å². The van der Waals surface area contributed by atoms with Gasteiger partial charge < -0.3 is 10.6 Å².